The lowest BCUT2D eigenvalue weighted by atomic mass is 9.97. The largest absolute Gasteiger partial charge is 0.497 e. The highest BCUT2D eigenvalue weighted by Gasteiger charge is 2.29. The van der Waals surface area contributed by atoms with Crippen molar-refractivity contribution in [1.29, 1.82) is 0 Å². The molecule has 7 nitrogen and oxygen atoms in total. The van der Waals surface area contributed by atoms with Crippen LogP contribution in [0.25, 0.3) is 11.4 Å². The van der Waals surface area contributed by atoms with Gasteiger partial charge in [0.2, 0.25) is 11.7 Å². The summed E-state index contributed by atoms with van der Waals surface area (Å²) in [6.07, 6.45) is 1.74. The highest BCUT2D eigenvalue weighted by atomic mass is 16.5. The van der Waals surface area contributed by atoms with E-state index >= 15 is 0 Å². The summed E-state index contributed by atoms with van der Waals surface area (Å²) in [5.74, 6) is 1.20. The maximum atomic E-state index is 12.8. The van der Waals surface area contributed by atoms with Gasteiger partial charge in [0, 0.05) is 24.3 Å². The number of nitrogens with one attached hydrogen (secondary N) is 1. The van der Waals surface area contributed by atoms with Crippen molar-refractivity contribution < 1.29 is 14.1 Å². The Morgan fingerprint density at radius 1 is 1.21 bits per heavy atom. The molecule has 150 valence electrons. The second-order valence-corrected chi connectivity index (χ2v) is 7.22. The number of rotatable bonds is 5. The Bertz CT molecular complexity index is 984. The number of hydrogen-bond donors (Lipinski definition) is 1. The summed E-state index contributed by atoms with van der Waals surface area (Å²) in [4.78, 5) is 19.3. The zero-order valence-electron chi connectivity index (χ0n) is 16.6. The summed E-state index contributed by atoms with van der Waals surface area (Å²) in [5.41, 5.74) is 2.76. The first kappa shape index (κ1) is 19.0. The van der Waals surface area contributed by atoms with Crippen molar-refractivity contribution in [3.63, 3.8) is 0 Å². The molecule has 0 unspecified atom stereocenters. The summed E-state index contributed by atoms with van der Waals surface area (Å²) < 4.78 is 10.7. The average molecular weight is 392 g/mol. The second-order valence-electron chi connectivity index (χ2n) is 7.22. The molecular weight excluding hydrogens is 368 g/mol. The zero-order valence-corrected chi connectivity index (χ0v) is 16.6. The third-order valence-corrected chi connectivity index (χ3v) is 5.23. The van der Waals surface area contributed by atoms with Gasteiger partial charge in [-0.15, -0.1) is 0 Å². The minimum atomic E-state index is -0.125. The Balaban J connectivity index is 1.44. The van der Waals surface area contributed by atoms with Crippen molar-refractivity contribution in [2.75, 3.05) is 30.4 Å². The normalized spacial score (nSPS) is 16.5. The monoisotopic (exact) mass is 392 g/mol. The number of piperidine rings is 1. The van der Waals surface area contributed by atoms with Crippen LogP contribution in [-0.2, 0) is 4.79 Å². The van der Waals surface area contributed by atoms with Gasteiger partial charge in [0.1, 0.15) is 5.75 Å². The number of aryl methyl sites for hydroxylation is 1. The molecule has 1 fully saturated rings. The summed E-state index contributed by atoms with van der Waals surface area (Å²) in [6.45, 7) is 3.34. The second kappa shape index (κ2) is 8.34. The fourth-order valence-corrected chi connectivity index (χ4v) is 3.51. The van der Waals surface area contributed by atoms with Crippen molar-refractivity contribution >= 4 is 17.6 Å². The van der Waals surface area contributed by atoms with Crippen LogP contribution >= 0.6 is 0 Å². The van der Waals surface area contributed by atoms with Crippen LogP contribution in [0.5, 0.6) is 5.75 Å². The van der Waals surface area contributed by atoms with E-state index in [-0.39, 0.29) is 11.8 Å². The number of aromatic nitrogens is 2. The lowest BCUT2D eigenvalue weighted by Crippen LogP contribution is -2.41. The Morgan fingerprint density at radius 3 is 2.76 bits per heavy atom. The molecular formula is C22H24N4O3. The average Bonchev–Trinajstić information content (AvgIpc) is 3.26. The molecule has 1 aliphatic heterocycles. The molecule has 29 heavy (non-hydrogen) atoms. The van der Waals surface area contributed by atoms with Crippen LogP contribution in [0.3, 0.4) is 0 Å². The molecule has 2 aromatic carbocycles. The first-order valence-corrected chi connectivity index (χ1v) is 9.73. The van der Waals surface area contributed by atoms with Gasteiger partial charge in [-0.25, -0.2) is 0 Å². The van der Waals surface area contributed by atoms with E-state index in [2.05, 4.69) is 15.5 Å². The van der Waals surface area contributed by atoms with Crippen LogP contribution in [0.1, 0.15) is 18.4 Å². The number of benzene rings is 2. The SMILES string of the molecule is COc1ccc(-c2noc(N3CCC[C@@H](C(=O)Nc4ccccc4C)C3)n2)cc1. The molecule has 7 heteroatoms. The van der Waals surface area contributed by atoms with E-state index in [4.69, 9.17) is 9.26 Å². The van der Waals surface area contributed by atoms with Crippen LogP contribution in [-0.4, -0.2) is 36.2 Å². The predicted octanol–water partition coefficient (Wildman–Crippen LogP) is 3.91. The molecule has 4 rings (SSSR count). The number of methoxy groups -OCH3 is 1. The lowest BCUT2D eigenvalue weighted by molar-refractivity contribution is -0.120. The van der Waals surface area contributed by atoms with Crippen molar-refractivity contribution in [3.05, 3.63) is 54.1 Å². The van der Waals surface area contributed by atoms with Gasteiger partial charge < -0.3 is 19.5 Å². The molecule has 1 amide bonds. The van der Waals surface area contributed by atoms with E-state index in [0.717, 1.165) is 42.0 Å². The van der Waals surface area contributed by atoms with Gasteiger partial charge in [-0.05, 0) is 55.7 Å². The quantitative estimate of drug-likeness (QED) is 0.709. The molecule has 2 heterocycles. The molecule has 1 aromatic heterocycles. The van der Waals surface area contributed by atoms with Gasteiger partial charge in [0.15, 0.2) is 0 Å². The van der Waals surface area contributed by atoms with Gasteiger partial charge in [-0.1, -0.05) is 23.4 Å². The van der Waals surface area contributed by atoms with Gasteiger partial charge in [0.05, 0.1) is 13.0 Å². The van der Waals surface area contributed by atoms with Gasteiger partial charge in [-0.2, -0.15) is 4.98 Å². The summed E-state index contributed by atoms with van der Waals surface area (Å²) in [5, 5.41) is 7.15. The highest BCUT2D eigenvalue weighted by molar-refractivity contribution is 5.93. The topological polar surface area (TPSA) is 80.5 Å². The standard InChI is InChI=1S/C22H24N4O3/c1-15-6-3-4-8-19(15)23-21(27)17-7-5-13-26(14-17)22-24-20(25-29-22)16-9-11-18(28-2)12-10-16/h3-4,6,8-12,17H,5,7,13-14H2,1-2H3,(H,23,27)/t17-/m1/s1. The number of amides is 1. The van der Waals surface area contributed by atoms with Gasteiger partial charge in [0.25, 0.3) is 0 Å². The van der Waals surface area contributed by atoms with Crippen molar-refractivity contribution in [1.82, 2.24) is 10.1 Å². The maximum Gasteiger partial charge on any atom is 0.324 e. The van der Waals surface area contributed by atoms with Crippen LogP contribution in [0.15, 0.2) is 53.1 Å². The Hall–Kier alpha value is -3.35. The molecule has 1 aliphatic rings. The molecule has 1 saturated heterocycles. The van der Waals surface area contributed by atoms with Crippen molar-refractivity contribution in [3.8, 4) is 17.1 Å². The third kappa shape index (κ3) is 4.23. The minimum Gasteiger partial charge on any atom is -0.497 e. The van der Waals surface area contributed by atoms with E-state index < -0.39 is 0 Å². The van der Waals surface area contributed by atoms with E-state index in [0.29, 0.717) is 18.4 Å². The van der Waals surface area contributed by atoms with Crippen LogP contribution in [0, 0.1) is 12.8 Å². The zero-order chi connectivity index (χ0) is 20.2. The number of carbonyl (C=O) groups is 1. The third-order valence-electron chi connectivity index (χ3n) is 5.23. The van der Waals surface area contributed by atoms with Crippen LogP contribution in [0.4, 0.5) is 11.7 Å². The summed E-state index contributed by atoms with van der Waals surface area (Å²) in [7, 11) is 1.63. The molecule has 0 spiro atoms. The smallest absolute Gasteiger partial charge is 0.324 e. The fourth-order valence-electron chi connectivity index (χ4n) is 3.51. The molecule has 0 saturated carbocycles. The van der Waals surface area contributed by atoms with E-state index in [1.807, 2.05) is 60.4 Å². The molecule has 0 radical (unpaired) electrons. The number of anilines is 2. The van der Waals surface area contributed by atoms with Crippen molar-refractivity contribution in [2.24, 2.45) is 5.92 Å². The Kier molecular flexibility index (Phi) is 5.46. The number of carbonyl (C=O) groups excluding carboxylic acids is 1. The number of nitrogens with zero attached hydrogens (tertiary/aromatic N) is 3. The lowest BCUT2D eigenvalue weighted by Gasteiger charge is -2.30. The summed E-state index contributed by atoms with van der Waals surface area (Å²) in [6, 6.07) is 15.7. The van der Waals surface area contributed by atoms with Gasteiger partial charge in [-0.3, -0.25) is 4.79 Å². The van der Waals surface area contributed by atoms with Gasteiger partial charge >= 0.3 is 6.01 Å². The van der Waals surface area contributed by atoms with E-state index in [1.165, 1.54) is 0 Å². The van der Waals surface area contributed by atoms with Crippen LogP contribution in [0.2, 0.25) is 0 Å². The van der Waals surface area contributed by atoms with E-state index in [9.17, 15) is 4.79 Å². The maximum absolute atomic E-state index is 12.8. The highest BCUT2D eigenvalue weighted by Crippen LogP contribution is 2.26. The predicted molar refractivity (Wildman–Crippen MR) is 111 cm³/mol. The van der Waals surface area contributed by atoms with Crippen LogP contribution < -0.4 is 15.0 Å². The summed E-state index contributed by atoms with van der Waals surface area (Å²) >= 11 is 0. The minimum absolute atomic E-state index is 0.0268. The first-order valence-electron chi connectivity index (χ1n) is 9.73. The Labute approximate surface area is 169 Å². The molecule has 3 aromatic rings. The van der Waals surface area contributed by atoms with E-state index in [1.54, 1.807) is 7.11 Å². The fraction of sp³-hybridized carbons (Fsp3) is 0.318. The molecule has 0 bridgehead atoms. The molecule has 1 atom stereocenters. The number of hydrogen-bond acceptors (Lipinski definition) is 6. The molecule has 0 aliphatic carbocycles. The van der Waals surface area contributed by atoms with Crippen molar-refractivity contribution in [2.45, 2.75) is 19.8 Å². The number of ether oxygens (including phenoxy) is 1. The first-order chi connectivity index (χ1) is 14.1. The Morgan fingerprint density at radius 2 is 2.00 bits per heavy atom. The number of para-hydroxylation sites is 1. The molecule has 1 N–H and O–H groups in total.